The fraction of sp³-hybridized carbons (Fsp3) is 0.182. The van der Waals surface area contributed by atoms with E-state index in [9.17, 15) is 0 Å². The van der Waals surface area contributed by atoms with Crippen LogP contribution >= 0.6 is 11.3 Å². The highest BCUT2D eigenvalue weighted by Crippen LogP contribution is 2.29. The van der Waals surface area contributed by atoms with Crippen LogP contribution in [0, 0.1) is 25.2 Å². The van der Waals surface area contributed by atoms with Gasteiger partial charge in [0.1, 0.15) is 6.07 Å². The number of benzene rings is 1. The summed E-state index contributed by atoms with van der Waals surface area (Å²) >= 11 is 1.70. The summed E-state index contributed by atoms with van der Waals surface area (Å²) in [7, 11) is 0. The quantitative estimate of drug-likeness (QED) is 0.620. The van der Waals surface area contributed by atoms with Crippen molar-refractivity contribution in [2.45, 2.75) is 13.8 Å². The molecule has 2 aromatic rings. The first-order valence-electron chi connectivity index (χ1n) is 4.11. The van der Waals surface area contributed by atoms with E-state index in [4.69, 9.17) is 5.26 Å². The zero-order chi connectivity index (χ0) is 9.42. The summed E-state index contributed by atoms with van der Waals surface area (Å²) in [5.41, 5.74) is 3.10. The molecule has 0 fully saturated rings. The van der Waals surface area contributed by atoms with Crippen LogP contribution in [0.15, 0.2) is 17.5 Å². The van der Waals surface area contributed by atoms with Crippen molar-refractivity contribution in [1.29, 1.82) is 5.26 Å². The van der Waals surface area contributed by atoms with E-state index in [2.05, 4.69) is 24.4 Å². The predicted molar refractivity (Wildman–Crippen MR) is 56.0 cm³/mol. The number of fused-ring (bicyclic) bond motifs is 1. The Kier molecular flexibility index (Phi) is 1.82. The second-order valence-corrected chi connectivity index (χ2v) is 4.07. The van der Waals surface area contributed by atoms with Crippen LogP contribution in [-0.2, 0) is 0 Å². The molecule has 0 amide bonds. The molecule has 0 aliphatic heterocycles. The van der Waals surface area contributed by atoms with Crippen molar-refractivity contribution in [1.82, 2.24) is 0 Å². The molecule has 0 saturated carbocycles. The van der Waals surface area contributed by atoms with Gasteiger partial charge < -0.3 is 0 Å². The molecule has 13 heavy (non-hydrogen) atoms. The zero-order valence-corrected chi connectivity index (χ0v) is 8.40. The molecule has 2 heteroatoms. The van der Waals surface area contributed by atoms with Gasteiger partial charge in [-0.2, -0.15) is 5.26 Å². The normalized spacial score (nSPS) is 10.2. The maximum atomic E-state index is 9.01. The van der Waals surface area contributed by atoms with E-state index in [-0.39, 0.29) is 0 Å². The fourth-order valence-electron chi connectivity index (χ4n) is 1.53. The van der Waals surface area contributed by atoms with Gasteiger partial charge in [-0.05, 0) is 36.4 Å². The van der Waals surface area contributed by atoms with Crippen molar-refractivity contribution in [3.63, 3.8) is 0 Å². The van der Waals surface area contributed by atoms with Crippen LogP contribution in [0.4, 0.5) is 0 Å². The molecule has 1 aromatic heterocycles. The highest BCUT2D eigenvalue weighted by molar-refractivity contribution is 7.17. The highest BCUT2D eigenvalue weighted by atomic mass is 32.1. The van der Waals surface area contributed by atoms with Gasteiger partial charge in [0.25, 0.3) is 0 Å². The lowest BCUT2D eigenvalue weighted by atomic mass is 10.0. The number of hydrogen-bond donors (Lipinski definition) is 0. The molecule has 0 aliphatic rings. The Hall–Kier alpha value is -1.33. The van der Waals surface area contributed by atoms with Crippen molar-refractivity contribution in [2.75, 3.05) is 0 Å². The second kappa shape index (κ2) is 2.86. The molecule has 1 heterocycles. The fourth-order valence-corrected chi connectivity index (χ4v) is 2.48. The van der Waals surface area contributed by atoms with Crippen molar-refractivity contribution < 1.29 is 0 Å². The Balaban J connectivity index is 2.99. The first-order valence-corrected chi connectivity index (χ1v) is 4.99. The summed E-state index contributed by atoms with van der Waals surface area (Å²) < 4.78 is 1.21. The van der Waals surface area contributed by atoms with Gasteiger partial charge >= 0.3 is 0 Å². The molecule has 0 N–H and O–H groups in total. The standard InChI is InChI=1S/C11H9NS/c1-7-3-4-10-11(9(7)5-12)8(2)6-13-10/h3-4,6H,1-2H3. The minimum absolute atomic E-state index is 0.830. The first-order chi connectivity index (χ1) is 6.24. The average Bonchev–Trinajstić information content (AvgIpc) is 2.49. The Bertz CT molecular complexity index is 503. The lowest BCUT2D eigenvalue weighted by molar-refractivity contribution is 1.42. The number of aryl methyl sites for hydroxylation is 2. The summed E-state index contributed by atoms with van der Waals surface area (Å²) in [4.78, 5) is 0. The Labute approximate surface area is 81.2 Å². The smallest absolute Gasteiger partial charge is 0.100 e. The Morgan fingerprint density at radius 2 is 2.00 bits per heavy atom. The van der Waals surface area contributed by atoms with Gasteiger partial charge in [-0.15, -0.1) is 11.3 Å². The van der Waals surface area contributed by atoms with Gasteiger partial charge in [-0.25, -0.2) is 0 Å². The summed E-state index contributed by atoms with van der Waals surface area (Å²) in [5.74, 6) is 0. The number of rotatable bonds is 0. The van der Waals surface area contributed by atoms with E-state index < -0.39 is 0 Å². The first kappa shape index (κ1) is 8.28. The molecule has 0 aliphatic carbocycles. The molecule has 0 bridgehead atoms. The van der Waals surface area contributed by atoms with Crippen molar-refractivity contribution in [3.8, 4) is 6.07 Å². The Morgan fingerprint density at radius 3 is 2.69 bits per heavy atom. The maximum absolute atomic E-state index is 9.01. The van der Waals surface area contributed by atoms with Crippen LogP contribution in [0.1, 0.15) is 16.7 Å². The Morgan fingerprint density at radius 1 is 1.23 bits per heavy atom. The van der Waals surface area contributed by atoms with Crippen molar-refractivity contribution >= 4 is 21.4 Å². The van der Waals surface area contributed by atoms with E-state index in [0.29, 0.717) is 0 Å². The largest absolute Gasteiger partial charge is 0.192 e. The predicted octanol–water partition coefficient (Wildman–Crippen LogP) is 3.39. The molecule has 0 saturated heterocycles. The minimum atomic E-state index is 0.830. The van der Waals surface area contributed by atoms with Crippen LogP contribution < -0.4 is 0 Å². The number of thiophene rings is 1. The molecule has 1 aromatic carbocycles. The van der Waals surface area contributed by atoms with Crippen LogP contribution in [0.3, 0.4) is 0 Å². The summed E-state index contributed by atoms with van der Waals surface area (Å²) in [6.45, 7) is 4.04. The van der Waals surface area contributed by atoms with Crippen molar-refractivity contribution in [3.05, 3.63) is 34.2 Å². The number of nitrogens with zero attached hydrogens (tertiary/aromatic N) is 1. The van der Waals surface area contributed by atoms with Gasteiger partial charge in [0.05, 0.1) is 5.56 Å². The van der Waals surface area contributed by atoms with E-state index in [0.717, 1.165) is 16.5 Å². The third kappa shape index (κ3) is 1.13. The SMILES string of the molecule is Cc1ccc2scc(C)c2c1C#N. The zero-order valence-electron chi connectivity index (χ0n) is 7.59. The lowest BCUT2D eigenvalue weighted by Crippen LogP contribution is -1.83. The summed E-state index contributed by atoms with van der Waals surface area (Å²) in [6.07, 6.45) is 0. The second-order valence-electron chi connectivity index (χ2n) is 3.16. The van der Waals surface area contributed by atoms with Gasteiger partial charge in [0, 0.05) is 10.1 Å². The van der Waals surface area contributed by atoms with Gasteiger partial charge in [0.2, 0.25) is 0 Å². The van der Waals surface area contributed by atoms with Gasteiger partial charge in [-0.1, -0.05) is 6.07 Å². The third-order valence-corrected chi connectivity index (χ3v) is 3.31. The molecule has 1 nitrogen and oxygen atoms in total. The average molecular weight is 187 g/mol. The molecule has 0 unspecified atom stereocenters. The topological polar surface area (TPSA) is 23.8 Å². The van der Waals surface area contributed by atoms with E-state index in [1.54, 1.807) is 11.3 Å². The van der Waals surface area contributed by atoms with Gasteiger partial charge in [0.15, 0.2) is 0 Å². The van der Waals surface area contributed by atoms with E-state index in [1.807, 2.05) is 13.0 Å². The molecule has 0 radical (unpaired) electrons. The van der Waals surface area contributed by atoms with Crippen LogP contribution in [0.2, 0.25) is 0 Å². The third-order valence-electron chi connectivity index (χ3n) is 2.24. The summed E-state index contributed by atoms with van der Waals surface area (Å²) in [6, 6.07) is 6.37. The van der Waals surface area contributed by atoms with E-state index in [1.165, 1.54) is 10.3 Å². The molecule has 0 spiro atoms. The number of hydrogen-bond acceptors (Lipinski definition) is 2. The van der Waals surface area contributed by atoms with Gasteiger partial charge in [-0.3, -0.25) is 0 Å². The monoisotopic (exact) mass is 187 g/mol. The number of nitriles is 1. The van der Waals surface area contributed by atoms with Crippen LogP contribution in [0.5, 0.6) is 0 Å². The van der Waals surface area contributed by atoms with Crippen LogP contribution in [-0.4, -0.2) is 0 Å². The maximum Gasteiger partial charge on any atom is 0.100 e. The van der Waals surface area contributed by atoms with E-state index >= 15 is 0 Å². The highest BCUT2D eigenvalue weighted by Gasteiger charge is 2.07. The summed E-state index contributed by atoms with van der Waals surface area (Å²) in [5, 5.41) is 12.2. The molecule has 64 valence electrons. The van der Waals surface area contributed by atoms with Crippen molar-refractivity contribution in [2.24, 2.45) is 0 Å². The van der Waals surface area contributed by atoms with Crippen LogP contribution in [0.25, 0.3) is 10.1 Å². The molecule has 2 rings (SSSR count). The lowest BCUT2D eigenvalue weighted by Gasteiger charge is -1.99. The molecular formula is C11H9NS. The molecular weight excluding hydrogens is 178 g/mol. The molecule has 0 atom stereocenters. The minimum Gasteiger partial charge on any atom is -0.192 e.